The van der Waals surface area contributed by atoms with Crippen LogP contribution in [0.2, 0.25) is 0 Å². The summed E-state index contributed by atoms with van der Waals surface area (Å²) in [5.41, 5.74) is 3.61. The summed E-state index contributed by atoms with van der Waals surface area (Å²) in [5, 5.41) is 21.4. The van der Waals surface area contributed by atoms with Crippen molar-refractivity contribution >= 4 is 17.9 Å². The number of nitrogens with zero attached hydrogens (tertiary/aromatic N) is 5. The standard InChI is InChI=1S/C20H23FN6O2.C2H6/c1-13(11-28)27-19-5-6-26(12-29)10-17(19)20(24-27)23-15-3-4-16(18(21)7-15)14-8-22-25(2)9-14;1-2/h3-4,7-9,12-13,28H,5-6,10-11H2,1-2H3,(H,23,24);1-2H3. The molecule has 3 heterocycles. The molecule has 0 aliphatic carbocycles. The monoisotopic (exact) mass is 428 g/mol. The number of hydrogen-bond acceptors (Lipinski definition) is 5. The maximum Gasteiger partial charge on any atom is 0.210 e. The lowest BCUT2D eigenvalue weighted by atomic mass is 10.1. The summed E-state index contributed by atoms with van der Waals surface area (Å²) in [5.74, 6) is 0.204. The maximum absolute atomic E-state index is 14.7. The minimum absolute atomic E-state index is 0.0423. The second kappa shape index (κ2) is 9.74. The van der Waals surface area contributed by atoms with Crippen molar-refractivity contribution in [3.8, 4) is 11.1 Å². The van der Waals surface area contributed by atoms with Gasteiger partial charge in [-0.3, -0.25) is 14.2 Å². The van der Waals surface area contributed by atoms with Gasteiger partial charge in [0.1, 0.15) is 5.82 Å². The Balaban J connectivity index is 0.00000132. The molecule has 2 N–H and O–H groups in total. The van der Waals surface area contributed by atoms with Crippen LogP contribution in [0.3, 0.4) is 0 Å². The molecule has 0 bridgehead atoms. The lowest BCUT2D eigenvalue weighted by molar-refractivity contribution is -0.118. The number of rotatable bonds is 6. The Morgan fingerprint density at radius 2 is 2.13 bits per heavy atom. The quantitative estimate of drug-likeness (QED) is 0.589. The molecular formula is C22H29FN6O2. The molecule has 9 heteroatoms. The van der Waals surface area contributed by atoms with Gasteiger partial charge in [-0.25, -0.2) is 4.39 Å². The smallest absolute Gasteiger partial charge is 0.210 e. The van der Waals surface area contributed by atoms with E-state index >= 15 is 0 Å². The first-order valence-corrected chi connectivity index (χ1v) is 10.5. The van der Waals surface area contributed by atoms with Crippen LogP contribution in [0, 0.1) is 5.82 Å². The summed E-state index contributed by atoms with van der Waals surface area (Å²) >= 11 is 0. The molecule has 0 spiro atoms. The van der Waals surface area contributed by atoms with Crippen molar-refractivity contribution in [2.75, 3.05) is 18.5 Å². The predicted octanol–water partition coefficient (Wildman–Crippen LogP) is 3.26. The molecule has 8 nitrogen and oxygen atoms in total. The van der Waals surface area contributed by atoms with Crippen molar-refractivity contribution < 1.29 is 14.3 Å². The summed E-state index contributed by atoms with van der Waals surface area (Å²) < 4.78 is 18.1. The molecule has 1 aliphatic heterocycles. The SMILES string of the molecule is CC.CC(CO)n1nc(Nc2ccc(-c3cnn(C)c3)c(F)c2)c2c1CCN(C=O)C2. The van der Waals surface area contributed by atoms with Crippen molar-refractivity contribution in [1.29, 1.82) is 0 Å². The third-order valence-corrected chi connectivity index (χ3v) is 5.19. The fourth-order valence-corrected chi connectivity index (χ4v) is 3.62. The Kier molecular flexibility index (Phi) is 7.06. The van der Waals surface area contributed by atoms with Gasteiger partial charge in [0.15, 0.2) is 5.82 Å². The van der Waals surface area contributed by atoms with Crippen LogP contribution < -0.4 is 5.32 Å². The molecule has 1 unspecified atom stereocenters. The average Bonchev–Trinajstić information content (AvgIpc) is 3.38. The van der Waals surface area contributed by atoms with Crippen LogP contribution in [-0.2, 0) is 24.8 Å². The zero-order valence-electron chi connectivity index (χ0n) is 18.3. The number of carbonyl (C=O) groups excluding carboxylic acids is 1. The van der Waals surface area contributed by atoms with Gasteiger partial charge in [0.05, 0.1) is 25.4 Å². The van der Waals surface area contributed by atoms with Gasteiger partial charge in [0, 0.05) is 54.3 Å². The molecular weight excluding hydrogens is 399 g/mol. The minimum Gasteiger partial charge on any atom is -0.394 e. The molecule has 0 fully saturated rings. The van der Waals surface area contributed by atoms with E-state index in [4.69, 9.17) is 0 Å². The molecule has 3 aromatic rings. The minimum atomic E-state index is -0.366. The van der Waals surface area contributed by atoms with Gasteiger partial charge in [-0.15, -0.1) is 0 Å². The molecule has 2 aromatic heterocycles. The van der Waals surface area contributed by atoms with E-state index in [1.165, 1.54) is 6.07 Å². The second-order valence-electron chi connectivity index (χ2n) is 7.30. The number of aromatic nitrogens is 4. The highest BCUT2D eigenvalue weighted by Crippen LogP contribution is 2.31. The van der Waals surface area contributed by atoms with Gasteiger partial charge in [-0.05, 0) is 25.1 Å². The first kappa shape index (κ1) is 22.5. The molecule has 31 heavy (non-hydrogen) atoms. The first-order chi connectivity index (χ1) is 15.0. The van der Waals surface area contributed by atoms with Crippen molar-refractivity contribution in [3.63, 3.8) is 0 Å². The van der Waals surface area contributed by atoms with Crippen LogP contribution in [0.5, 0.6) is 0 Å². The highest BCUT2D eigenvalue weighted by molar-refractivity contribution is 5.69. The van der Waals surface area contributed by atoms with Crippen molar-refractivity contribution in [1.82, 2.24) is 24.5 Å². The van der Waals surface area contributed by atoms with Crippen LogP contribution >= 0.6 is 0 Å². The largest absolute Gasteiger partial charge is 0.394 e. The Morgan fingerprint density at radius 3 is 2.74 bits per heavy atom. The first-order valence-electron chi connectivity index (χ1n) is 10.5. The number of aryl methyl sites for hydroxylation is 1. The Bertz CT molecular complexity index is 1040. The zero-order valence-corrected chi connectivity index (χ0v) is 18.3. The van der Waals surface area contributed by atoms with Crippen molar-refractivity contribution in [3.05, 3.63) is 47.7 Å². The van der Waals surface area contributed by atoms with E-state index in [0.29, 0.717) is 42.1 Å². The number of benzene rings is 1. The summed E-state index contributed by atoms with van der Waals surface area (Å²) in [6.07, 6.45) is 4.85. The number of hydrogen-bond donors (Lipinski definition) is 2. The Labute approximate surface area is 181 Å². The van der Waals surface area contributed by atoms with Crippen LogP contribution in [0.1, 0.15) is 38.1 Å². The lowest BCUT2D eigenvalue weighted by Gasteiger charge is -2.25. The highest BCUT2D eigenvalue weighted by Gasteiger charge is 2.26. The van der Waals surface area contributed by atoms with E-state index in [2.05, 4.69) is 15.5 Å². The average molecular weight is 429 g/mol. The zero-order chi connectivity index (χ0) is 22.5. The normalized spacial score (nSPS) is 13.8. The molecule has 1 atom stereocenters. The van der Waals surface area contributed by atoms with Crippen LogP contribution in [0.15, 0.2) is 30.6 Å². The van der Waals surface area contributed by atoms with E-state index < -0.39 is 0 Å². The van der Waals surface area contributed by atoms with Gasteiger partial charge in [-0.2, -0.15) is 10.2 Å². The summed E-state index contributed by atoms with van der Waals surface area (Å²) in [6.45, 7) is 6.87. The number of halogens is 1. The fraction of sp³-hybridized carbons (Fsp3) is 0.409. The Morgan fingerprint density at radius 1 is 1.35 bits per heavy atom. The molecule has 4 rings (SSSR count). The molecule has 0 saturated carbocycles. The number of nitrogens with one attached hydrogen (secondary N) is 1. The number of fused-ring (bicyclic) bond motifs is 1. The highest BCUT2D eigenvalue weighted by atomic mass is 19.1. The second-order valence-corrected chi connectivity index (χ2v) is 7.30. The number of carbonyl (C=O) groups is 1. The summed E-state index contributed by atoms with van der Waals surface area (Å²) in [7, 11) is 1.78. The van der Waals surface area contributed by atoms with Gasteiger partial charge in [0.2, 0.25) is 6.41 Å². The maximum atomic E-state index is 14.7. The summed E-state index contributed by atoms with van der Waals surface area (Å²) in [6, 6.07) is 4.72. The van der Waals surface area contributed by atoms with E-state index in [1.807, 2.05) is 20.8 Å². The number of aliphatic hydroxyl groups is 1. The Hall–Kier alpha value is -3.20. The van der Waals surface area contributed by atoms with Crippen LogP contribution in [0.4, 0.5) is 15.9 Å². The molecule has 1 amide bonds. The van der Waals surface area contributed by atoms with E-state index in [-0.39, 0.29) is 18.5 Å². The third-order valence-electron chi connectivity index (χ3n) is 5.19. The molecule has 166 valence electrons. The molecule has 0 saturated heterocycles. The van der Waals surface area contributed by atoms with Gasteiger partial charge in [-0.1, -0.05) is 13.8 Å². The molecule has 1 aliphatic rings. The number of aliphatic hydroxyl groups excluding tert-OH is 1. The van der Waals surface area contributed by atoms with Crippen LogP contribution in [-0.4, -0.2) is 49.1 Å². The number of anilines is 2. The fourth-order valence-electron chi connectivity index (χ4n) is 3.62. The summed E-state index contributed by atoms with van der Waals surface area (Å²) in [4.78, 5) is 12.9. The van der Waals surface area contributed by atoms with Gasteiger partial charge in [0.25, 0.3) is 0 Å². The molecule has 1 aromatic carbocycles. The van der Waals surface area contributed by atoms with Gasteiger partial charge < -0.3 is 15.3 Å². The third kappa shape index (κ3) is 4.61. The topological polar surface area (TPSA) is 88.2 Å². The van der Waals surface area contributed by atoms with Crippen LogP contribution in [0.25, 0.3) is 11.1 Å². The van der Waals surface area contributed by atoms with Crippen molar-refractivity contribution in [2.45, 2.75) is 39.8 Å². The molecule has 0 radical (unpaired) electrons. The lowest BCUT2D eigenvalue weighted by Crippen LogP contribution is -2.30. The van der Waals surface area contributed by atoms with Gasteiger partial charge >= 0.3 is 0 Å². The van der Waals surface area contributed by atoms with Crippen molar-refractivity contribution in [2.24, 2.45) is 7.05 Å². The predicted molar refractivity (Wildman–Crippen MR) is 117 cm³/mol. The number of amides is 1. The van der Waals surface area contributed by atoms with E-state index in [0.717, 1.165) is 17.7 Å². The van der Waals surface area contributed by atoms with E-state index in [9.17, 15) is 14.3 Å². The van der Waals surface area contributed by atoms with E-state index in [1.54, 1.807) is 45.8 Å².